The maximum atomic E-state index is 13.4. The quantitative estimate of drug-likeness (QED) is 0.302. The van der Waals surface area contributed by atoms with E-state index in [1.165, 1.54) is 6.92 Å². The van der Waals surface area contributed by atoms with Crippen molar-refractivity contribution in [1.29, 1.82) is 0 Å². The van der Waals surface area contributed by atoms with Gasteiger partial charge < -0.3 is 39.7 Å². The number of fused-ring (bicyclic) bond motifs is 1. The number of hydrogen-bond acceptors (Lipinski definition) is 10. The number of rotatable bonds is 2. The van der Waals surface area contributed by atoms with Gasteiger partial charge in [0.15, 0.2) is 24.1 Å². The van der Waals surface area contributed by atoms with Crippen molar-refractivity contribution in [2.75, 3.05) is 0 Å². The molecule has 0 aromatic heterocycles. The van der Waals surface area contributed by atoms with Crippen LogP contribution in [0.4, 0.5) is 0 Å². The normalized spacial score (nSPS) is 56.5. The molecule has 12 atom stereocenters. The monoisotopic (exact) mass is 456 g/mol. The van der Waals surface area contributed by atoms with Crippen molar-refractivity contribution >= 4 is 17.9 Å². The highest BCUT2D eigenvalue weighted by molar-refractivity contribution is 5.93. The zero-order valence-electron chi connectivity index (χ0n) is 18.3. The summed E-state index contributed by atoms with van der Waals surface area (Å²) in [6.07, 6.45) is -9.09. The number of ether oxygens (including phenoxy) is 3. The van der Waals surface area contributed by atoms with Crippen LogP contribution >= 0.6 is 0 Å². The molecule has 0 radical (unpaired) electrons. The molecule has 5 rings (SSSR count). The van der Waals surface area contributed by atoms with Crippen LogP contribution in [0.25, 0.3) is 0 Å². The van der Waals surface area contributed by atoms with Crippen LogP contribution in [0, 0.1) is 34.0 Å². The summed E-state index contributed by atoms with van der Waals surface area (Å²) in [6, 6.07) is 0. The molecule has 3 heterocycles. The van der Waals surface area contributed by atoms with Gasteiger partial charge in [0.05, 0.1) is 16.7 Å². The van der Waals surface area contributed by atoms with Gasteiger partial charge in [-0.1, -0.05) is 27.7 Å². The fraction of sp³-hybridized carbons (Fsp3) is 0.857. The van der Waals surface area contributed by atoms with Gasteiger partial charge in [-0.05, 0) is 24.2 Å². The van der Waals surface area contributed by atoms with E-state index in [2.05, 4.69) is 0 Å². The van der Waals surface area contributed by atoms with Crippen molar-refractivity contribution in [3.8, 4) is 0 Å². The lowest BCUT2D eigenvalue weighted by Crippen LogP contribution is -2.67. The Bertz CT molecular complexity index is 943. The van der Waals surface area contributed by atoms with Crippen LogP contribution in [0.15, 0.2) is 0 Å². The fourth-order valence-corrected chi connectivity index (χ4v) is 8.62. The number of carbonyl (C=O) groups is 3. The lowest BCUT2D eigenvalue weighted by Gasteiger charge is -2.50. The Hall–Kier alpha value is -1.79. The predicted octanol–water partition coefficient (Wildman–Crippen LogP) is -1.60. The average Bonchev–Trinajstić information content (AvgIpc) is 3.30. The smallest absolute Gasteiger partial charge is 0.342 e. The number of aliphatic hydroxyl groups excluding tert-OH is 3. The van der Waals surface area contributed by atoms with Gasteiger partial charge in [0.1, 0.15) is 12.2 Å². The first-order chi connectivity index (χ1) is 14.6. The molecule has 11 heteroatoms. The molecule has 1 spiro atoms. The van der Waals surface area contributed by atoms with Crippen LogP contribution in [0.2, 0.25) is 0 Å². The highest BCUT2D eigenvalue weighted by Gasteiger charge is 3.03. The summed E-state index contributed by atoms with van der Waals surface area (Å²) in [5, 5.41) is 56.0. The van der Waals surface area contributed by atoms with E-state index >= 15 is 0 Å². The summed E-state index contributed by atoms with van der Waals surface area (Å²) in [5.74, 6) is -6.57. The van der Waals surface area contributed by atoms with Gasteiger partial charge in [-0.15, -0.1) is 0 Å². The fourth-order valence-electron chi connectivity index (χ4n) is 8.62. The van der Waals surface area contributed by atoms with Crippen molar-refractivity contribution in [3.63, 3.8) is 0 Å². The van der Waals surface area contributed by atoms with Gasteiger partial charge in [0, 0.05) is 0 Å². The van der Waals surface area contributed by atoms with Crippen molar-refractivity contribution < 1.29 is 54.1 Å². The first kappa shape index (κ1) is 22.0. The summed E-state index contributed by atoms with van der Waals surface area (Å²) in [5.41, 5.74) is -10.0. The molecule has 178 valence electrons. The molecule has 2 saturated carbocycles. The maximum absolute atomic E-state index is 13.4. The van der Waals surface area contributed by atoms with Crippen molar-refractivity contribution in [3.05, 3.63) is 0 Å². The van der Waals surface area contributed by atoms with Gasteiger partial charge in [0.25, 0.3) is 0 Å². The number of carboxylic acids is 1. The van der Waals surface area contributed by atoms with E-state index in [4.69, 9.17) is 14.2 Å². The topological polar surface area (TPSA) is 180 Å². The molecule has 0 amide bonds. The van der Waals surface area contributed by atoms with Crippen LogP contribution < -0.4 is 0 Å². The predicted molar refractivity (Wildman–Crippen MR) is 100 cm³/mol. The van der Waals surface area contributed by atoms with Gasteiger partial charge in [-0.25, -0.2) is 9.59 Å². The standard InChI is InChI=1S/C21H28O11/c1-6-8(17(3,4)5)18(10(23)13(24)25)15(27)32-21-16(28)31-11(6)19(18,21)9(22)12-20(21,29)7(2)14(26)30-12/h6-12,15,22-23,27,29H,1-5H3,(H,24,25)/t6-,7-,8+,9?,10?,11?,12+,15?,18?,19?,20-,21+/m1/s1. The summed E-state index contributed by atoms with van der Waals surface area (Å²) in [7, 11) is 0. The number of carboxylic acid groups (broad SMARTS) is 1. The molecule has 0 aromatic carbocycles. The molecule has 5 aliphatic rings. The first-order valence-corrected chi connectivity index (χ1v) is 10.7. The third-order valence-electron chi connectivity index (χ3n) is 9.11. The molecule has 0 bridgehead atoms. The van der Waals surface area contributed by atoms with E-state index in [-0.39, 0.29) is 0 Å². The zero-order valence-corrected chi connectivity index (χ0v) is 18.3. The second-order valence-electron chi connectivity index (χ2n) is 11.1. The van der Waals surface area contributed by atoms with Gasteiger partial charge in [-0.2, -0.15) is 0 Å². The summed E-state index contributed by atoms with van der Waals surface area (Å²) in [6.45, 7) is 8.30. The molecular weight excluding hydrogens is 428 g/mol. The van der Waals surface area contributed by atoms with Gasteiger partial charge in [-0.3, -0.25) is 4.79 Å². The van der Waals surface area contributed by atoms with E-state index < -0.39 is 93.8 Å². The SMILES string of the molecule is C[C@@H]1C(=O)O[C@H]2C(O)C34C5OC(=O)[C@@]3(OC(O)C4(C(O)C(=O)O)[C@H](C(C)(C)C)[C@H]5C)[C@@]12O. The van der Waals surface area contributed by atoms with Crippen molar-refractivity contribution in [2.45, 2.75) is 76.5 Å². The minimum Gasteiger partial charge on any atom is -0.479 e. The summed E-state index contributed by atoms with van der Waals surface area (Å²) < 4.78 is 16.8. The van der Waals surface area contributed by atoms with E-state index in [0.29, 0.717) is 0 Å². The molecule has 5 fully saturated rings. The second-order valence-corrected chi connectivity index (χ2v) is 11.1. The lowest BCUT2D eigenvalue weighted by molar-refractivity contribution is -0.255. The summed E-state index contributed by atoms with van der Waals surface area (Å²) in [4.78, 5) is 38.1. The van der Waals surface area contributed by atoms with Gasteiger partial charge >= 0.3 is 17.9 Å². The number of aliphatic hydroxyl groups is 4. The second kappa shape index (κ2) is 5.64. The number of hydrogen-bond donors (Lipinski definition) is 5. The minimum atomic E-state index is -2.52. The molecule has 3 saturated heterocycles. The van der Waals surface area contributed by atoms with Crippen LogP contribution in [-0.4, -0.2) is 85.3 Å². The van der Waals surface area contributed by atoms with E-state index in [0.717, 1.165) is 0 Å². The van der Waals surface area contributed by atoms with E-state index in [1.807, 2.05) is 0 Å². The van der Waals surface area contributed by atoms with Crippen molar-refractivity contribution in [1.82, 2.24) is 0 Å². The highest BCUT2D eigenvalue weighted by atomic mass is 16.7. The van der Waals surface area contributed by atoms with E-state index in [9.17, 15) is 39.9 Å². The molecule has 3 aliphatic heterocycles. The molecule has 0 aromatic rings. The number of carbonyl (C=O) groups excluding carboxylic acids is 2. The third-order valence-corrected chi connectivity index (χ3v) is 9.11. The van der Waals surface area contributed by atoms with Crippen molar-refractivity contribution in [2.24, 2.45) is 34.0 Å². The summed E-state index contributed by atoms with van der Waals surface area (Å²) >= 11 is 0. The number of esters is 2. The molecular formula is C21H28O11. The lowest BCUT2D eigenvalue weighted by atomic mass is 9.50. The van der Waals surface area contributed by atoms with Crippen LogP contribution in [-0.2, 0) is 28.6 Å². The third kappa shape index (κ3) is 1.66. The average molecular weight is 456 g/mol. The Labute approximate surface area is 183 Å². The zero-order chi connectivity index (χ0) is 24.0. The first-order valence-electron chi connectivity index (χ1n) is 10.7. The molecule has 32 heavy (non-hydrogen) atoms. The Morgan fingerprint density at radius 2 is 1.69 bits per heavy atom. The molecule has 11 nitrogen and oxygen atoms in total. The van der Waals surface area contributed by atoms with Crippen LogP contribution in [0.5, 0.6) is 0 Å². The highest BCUT2D eigenvalue weighted by Crippen LogP contribution is 2.84. The Kier molecular flexibility index (Phi) is 3.88. The van der Waals surface area contributed by atoms with Crippen LogP contribution in [0.1, 0.15) is 34.6 Å². The molecule has 6 unspecified atom stereocenters. The molecule has 2 aliphatic carbocycles. The number of aliphatic carboxylic acids is 1. The van der Waals surface area contributed by atoms with Gasteiger partial charge in [0.2, 0.25) is 5.60 Å². The Balaban J connectivity index is 1.93. The Morgan fingerprint density at radius 3 is 2.22 bits per heavy atom. The maximum Gasteiger partial charge on any atom is 0.342 e. The minimum absolute atomic E-state index is 0.656. The van der Waals surface area contributed by atoms with Crippen LogP contribution in [0.3, 0.4) is 0 Å². The Morgan fingerprint density at radius 1 is 1.09 bits per heavy atom. The largest absolute Gasteiger partial charge is 0.479 e. The molecule has 5 N–H and O–H groups in total. The van der Waals surface area contributed by atoms with E-state index in [1.54, 1.807) is 27.7 Å².